The Morgan fingerprint density at radius 1 is 1.23 bits per heavy atom. The van der Waals surface area contributed by atoms with Crippen LogP contribution in [-0.4, -0.2) is 0 Å². The highest BCUT2D eigenvalue weighted by molar-refractivity contribution is 5.07. The summed E-state index contributed by atoms with van der Waals surface area (Å²) in [6, 6.07) is 5.03. The second kappa shape index (κ2) is 5.00. The highest BCUT2D eigenvalue weighted by atomic mass is 15.0. The van der Waals surface area contributed by atoms with Crippen LogP contribution in [0.2, 0.25) is 0 Å². The number of aryl methyl sites for hydroxylation is 1. The van der Waals surface area contributed by atoms with E-state index in [0.717, 1.165) is 0 Å². The molecule has 13 heavy (non-hydrogen) atoms. The first kappa shape index (κ1) is 10.2. The summed E-state index contributed by atoms with van der Waals surface area (Å²) in [5.41, 5.74) is 1.46. The standard InChI is InChI=1S/C12H20N/c1-4-5-6-12-7-9-13(10-8-12)11(2)3/h7-11H,4-6H2,1-3H3/q+1. The van der Waals surface area contributed by atoms with Gasteiger partial charge in [0.25, 0.3) is 0 Å². The van der Waals surface area contributed by atoms with E-state index in [1.165, 1.54) is 24.8 Å². The van der Waals surface area contributed by atoms with Gasteiger partial charge in [-0.2, -0.15) is 0 Å². The molecule has 0 saturated heterocycles. The van der Waals surface area contributed by atoms with Gasteiger partial charge < -0.3 is 0 Å². The molecule has 0 saturated carbocycles. The first-order valence-electron chi connectivity index (χ1n) is 5.23. The van der Waals surface area contributed by atoms with Crippen LogP contribution in [0.5, 0.6) is 0 Å². The molecule has 1 aromatic rings. The quantitative estimate of drug-likeness (QED) is 0.624. The van der Waals surface area contributed by atoms with Crippen LogP contribution in [0.25, 0.3) is 0 Å². The van der Waals surface area contributed by atoms with Crippen molar-refractivity contribution in [3.8, 4) is 0 Å². The number of pyridine rings is 1. The summed E-state index contributed by atoms with van der Waals surface area (Å²) in [4.78, 5) is 0. The number of nitrogens with zero attached hydrogens (tertiary/aromatic N) is 1. The molecule has 1 aromatic heterocycles. The summed E-state index contributed by atoms with van der Waals surface area (Å²) in [5.74, 6) is 0. The van der Waals surface area contributed by atoms with Crippen LogP contribution in [-0.2, 0) is 6.42 Å². The van der Waals surface area contributed by atoms with Gasteiger partial charge in [-0.05, 0) is 32.3 Å². The Balaban J connectivity index is 2.59. The molecule has 0 aliphatic rings. The Bertz CT molecular complexity index is 236. The van der Waals surface area contributed by atoms with Gasteiger partial charge in [0.2, 0.25) is 0 Å². The maximum absolute atomic E-state index is 2.23. The predicted molar refractivity (Wildman–Crippen MR) is 55.6 cm³/mol. The first-order chi connectivity index (χ1) is 6.24. The van der Waals surface area contributed by atoms with Gasteiger partial charge in [-0.1, -0.05) is 13.3 Å². The van der Waals surface area contributed by atoms with E-state index in [-0.39, 0.29) is 0 Å². The van der Waals surface area contributed by atoms with Gasteiger partial charge in [0.05, 0.1) is 0 Å². The number of hydrogen-bond donors (Lipinski definition) is 0. The number of rotatable bonds is 4. The van der Waals surface area contributed by atoms with Crippen molar-refractivity contribution in [1.29, 1.82) is 0 Å². The fourth-order valence-electron chi connectivity index (χ4n) is 1.36. The van der Waals surface area contributed by atoms with Crippen molar-refractivity contribution in [3.05, 3.63) is 30.1 Å². The number of hydrogen-bond acceptors (Lipinski definition) is 0. The smallest absolute Gasteiger partial charge is 0.169 e. The van der Waals surface area contributed by atoms with Gasteiger partial charge in [-0.25, -0.2) is 4.57 Å². The van der Waals surface area contributed by atoms with E-state index in [2.05, 4.69) is 49.9 Å². The number of unbranched alkanes of at least 4 members (excludes halogenated alkanes) is 1. The lowest BCUT2D eigenvalue weighted by Gasteiger charge is -2.01. The predicted octanol–water partition coefficient (Wildman–Crippen LogP) is 2.90. The maximum Gasteiger partial charge on any atom is 0.169 e. The molecule has 0 bridgehead atoms. The maximum atomic E-state index is 2.23. The zero-order valence-corrected chi connectivity index (χ0v) is 8.96. The monoisotopic (exact) mass is 178 g/mol. The molecule has 0 aromatic carbocycles. The van der Waals surface area contributed by atoms with Gasteiger partial charge in [0.15, 0.2) is 18.4 Å². The van der Waals surface area contributed by atoms with Crippen LogP contribution >= 0.6 is 0 Å². The average molecular weight is 178 g/mol. The SMILES string of the molecule is CCCCc1cc[n+](C(C)C)cc1. The van der Waals surface area contributed by atoms with Crippen LogP contribution in [0.1, 0.15) is 45.2 Å². The molecule has 0 N–H and O–H groups in total. The van der Waals surface area contributed by atoms with Crippen molar-refractivity contribution in [1.82, 2.24) is 0 Å². The summed E-state index contributed by atoms with van der Waals surface area (Å²) in [7, 11) is 0. The Morgan fingerprint density at radius 2 is 1.85 bits per heavy atom. The van der Waals surface area contributed by atoms with Crippen molar-refractivity contribution in [2.45, 2.75) is 46.1 Å². The third-order valence-electron chi connectivity index (χ3n) is 2.34. The first-order valence-corrected chi connectivity index (χ1v) is 5.23. The minimum atomic E-state index is 0.570. The summed E-state index contributed by atoms with van der Waals surface area (Å²) >= 11 is 0. The van der Waals surface area contributed by atoms with Crippen molar-refractivity contribution < 1.29 is 4.57 Å². The fourth-order valence-corrected chi connectivity index (χ4v) is 1.36. The highest BCUT2D eigenvalue weighted by Crippen LogP contribution is 2.03. The normalized spacial score (nSPS) is 10.8. The molecule has 1 nitrogen and oxygen atoms in total. The Kier molecular flexibility index (Phi) is 3.94. The summed E-state index contributed by atoms with van der Waals surface area (Å²) in [6.45, 7) is 6.63. The largest absolute Gasteiger partial charge is 0.203 e. The third kappa shape index (κ3) is 3.17. The molecule has 0 radical (unpaired) electrons. The molecule has 72 valence electrons. The van der Waals surface area contributed by atoms with Crippen molar-refractivity contribution in [2.24, 2.45) is 0 Å². The van der Waals surface area contributed by atoms with Crippen LogP contribution in [0.15, 0.2) is 24.5 Å². The van der Waals surface area contributed by atoms with Crippen LogP contribution < -0.4 is 4.57 Å². The van der Waals surface area contributed by atoms with Crippen LogP contribution in [0.4, 0.5) is 0 Å². The Hall–Kier alpha value is -0.850. The fraction of sp³-hybridized carbons (Fsp3) is 0.583. The molecular formula is C12H20N+. The third-order valence-corrected chi connectivity index (χ3v) is 2.34. The zero-order chi connectivity index (χ0) is 9.68. The van der Waals surface area contributed by atoms with Crippen molar-refractivity contribution in [3.63, 3.8) is 0 Å². The van der Waals surface area contributed by atoms with E-state index >= 15 is 0 Å². The second-order valence-corrected chi connectivity index (χ2v) is 3.85. The lowest BCUT2D eigenvalue weighted by molar-refractivity contribution is -0.716. The molecule has 0 aliphatic carbocycles. The van der Waals surface area contributed by atoms with E-state index in [4.69, 9.17) is 0 Å². The van der Waals surface area contributed by atoms with Crippen LogP contribution in [0.3, 0.4) is 0 Å². The van der Waals surface area contributed by atoms with Gasteiger partial charge in [-0.15, -0.1) is 0 Å². The molecule has 0 aliphatic heterocycles. The molecule has 0 amide bonds. The second-order valence-electron chi connectivity index (χ2n) is 3.85. The van der Waals surface area contributed by atoms with E-state index in [9.17, 15) is 0 Å². The van der Waals surface area contributed by atoms with Crippen LogP contribution in [0, 0.1) is 0 Å². The molecule has 0 atom stereocenters. The van der Waals surface area contributed by atoms with E-state index < -0.39 is 0 Å². The van der Waals surface area contributed by atoms with Gasteiger partial charge in [-0.3, -0.25) is 0 Å². The molecule has 0 unspecified atom stereocenters. The lowest BCUT2D eigenvalue weighted by Crippen LogP contribution is -2.34. The minimum absolute atomic E-state index is 0.570. The topological polar surface area (TPSA) is 3.88 Å². The van der Waals surface area contributed by atoms with Gasteiger partial charge in [0, 0.05) is 12.1 Å². The molecule has 0 spiro atoms. The van der Waals surface area contributed by atoms with Gasteiger partial charge in [0.1, 0.15) is 0 Å². The summed E-state index contributed by atoms with van der Waals surface area (Å²) < 4.78 is 2.23. The minimum Gasteiger partial charge on any atom is -0.203 e. The molecule has 1 rings (SSSR count). The van der Waals surface area contributed by atoms with E-state index in [1.54, 1.807) is 0 Å². The molecular weight excluding hydrogens is 158 g/mol. The van der Waals surface area contributed by atoms with Crippen molar-refractivity contribution >= 4 is 0 Å². The summed E-state index contributed by atoms with van der Waals surface area (Å²) in [5, 5.41) is 0. The molecule has 1 heteroatoms. The average Bonchev–Trinajstić information content (AvgIpc) is 2.15. The lowest BCUT2D eigenvalue weighted by atomic mass is 10.1. The number of aromatic nitrogens is 1. The Morgan fingerprint density at radius 3 is 2.31 bits per heavy atom. The van der Waals surface area contributed by atoms with Crippen molar-refractivity contribution in [2.75, 3.05) is 0 Å². The Labute approximate surface area is 81.4 Å². The zero-order valence-electron chi connectivity index (χ0n) is 8.96. The van der Waals surface area contributed by atoms with Gasteiger partial charge >= 0.3 is 0 Å². The summed E-state index contributed by atoms with van der Waals surface area (Å²) in [6.07, 6.45) is 8.14. The van der Waals surface area contributed by atoms with E-state index in [1.807, 2.05) is 0 Å². The highest BCUT2D eigenvalue weighted by Gasteiger charge is 2.03. The van der Waals surface area contributed by atoms with E-state index in [0.29, 0.717) is 6.04 Å². The molecule has 0 fully saturated rings. The molecule has 1 heterocycles.